The summed E-state index contributed by atoms with van der Waals surface area (Å²) in [6, 6.07) is 7.71. The monoisotopic (exact) mass is 414 g/mol. The number of piperidine rings is 1. The highest BCUT2D eigenvalue weighted by Gasteiger charge is 2.45. The maximum absolute atomic E-state index is 13.1. The number of carbonyl (C=O) groups excluding carboxylic acids is 1. The molecule has 1 aromatic rings. The predicted octanol–water partition coefficient (Wildman–Crippen LogP) is 1.18. The van der Waals surface area contributed by atoms with Gasteiger partial charge < -0.3 is 9.47 Å². The van der Waals surface area contributed by atoms with Crippen molar-refractivity contribution in [1.29, 1.82) is 0 Å². The summed E-state index contributed by atoms with van der Waals surface area (Å²) >= 11 is 0. The molecule has 2 fully saturated rings. The first-order chi connectivity index (χ1) is 13.3. The van der Waals surface area contributed by atoms with Crippen LogP contribution in [-0.4, -0.2) is 71.9 Å². The fourth-order valence-electron chi connectivity index (χ4n) is 3.73. The summed E-state index contributed by atoms with van der Waals surface area (Å²) in [4.78, 5) is 12.0. The van der Waals surface area contributed by atoms with E-state index in [0.29, 0.717) is 25.9 Å². The topological polar surface area (TPSA) is 117 Å². The van der Waals surface area contributed by atoms with Gasteiger partial charge in [0.25, 0.3) is 5.91 Å². The molecule has 28 heavy (non-hydrogen) atoms. The lowest BCUT2D eigenvalue weighted by Gasteiger charge is -2.37. The molecule has 2 heterocycles. The molecule has 2 aliphatic heterocycles. The zero-order valence-corrected chi connectivity index (χ0v) is 16.5. The molecule has 2 aliphatic rings. The van der Waals surface area contributed by atoms with Gasteiger partial charge in [-0.25, -0.2) is 12.7 Å². The van der Waals surface area contributed by atoms with Gasteiger partial charge in [0.15, 0.2) is 0 Å². The lowest BCUT2D eigenvalue weighted by atomic mass is 10.0. The van der Waals surface area contributed by atoms with Crippen LogP contribution >= 0.6 is 0 Å². The average molecular weight is 414 g/mol. The molecule has 10 heteroatoms. The Labute approximate surface area is 164 Å². The second kappa shape index (κ2) is 8.75. The van der Waals surface area contributed by atoms with Gasteiger partial charge in [-0.2, -0.15) is 0 Å². The third-order valence-electron chi connectivity index (χ3n) is 5.24. The number of amides is 1. The summed E-state index contributed by atoms with van der Waals surface area (Å²) in [5.74, 6) is -1.46. The fourth-order valence-corrected chi connectivity index (χ4v) is 5.84. The Kier molecular flexibility index (Phi) is 6.56. The number of hydrogen-bond acceptors (Lipinski definition) is 7. The lowest BCUT2D eigenvalue weighted by molar-refractivity contribution is -0.289. The zero-order chi connectivity index (χ0) is 20.3. The highest BCUT2D eigenvalue weighted by atomic mass is 32.2. The molecule has 0 saturated carbocycles. The number of aryl methyl sites for hydroxylation is 1. The van der Waals surface area contributed by atoms with Crippen LogP contribution in [0.3, 0.4) is 0 Å². The maximum Gasteiger partial charge on any atom is 0.279 e. The first-order valence-electron chi connectivity index (χ1n) is 9.31. The van der Waals surface area contributed by atoms with E-state index < -0.39 is 32.3 Å². The molecule has 2 N–H and O–H groups in total. The Morgan fingerprint density at radius 2 is 1.96 bits per heavy atom. The summed E-state index contributed by atoms with van der Waals surface area (Å²) < 4.78 is 38.7. The summed E-state index contributed by atoms with van der Waals surface area (Å²) in [5, 5.41) is 16.5. The molecule has 2 saturated heterocycles. The molecule has 2 unspecified atom stereocenters. The van der Waals surface area contributed by atoms with Crippen LogP contribution in [0.2, 0.25) is 0 Å². The van der Waals surface area contributed by atoms with Crippen LogP contribution in [-0.2, 0) is 19.6 Å². The molecule has 3 rings (SSSR count). The van der Waals surface area contributed by atoms with Crippen LogP contribution in [0.5, 0.6) is 5.75 Å². The van der Waals surface area contributed by atoms with Crippen LogP contribution < -0.4 is 4.74 Å². The van der Waals surface area contributed by atoms with Gasteiger partial charge in [0.2, 0.25) is 10.0 Å². The van der Waals surface area contributed by atoms with E-state index in [1.807, 2.05) is 31.2 Å². The molecular formula is C18H26N2O7S. The minimum Gasteiger partial charge on any atom is -0.490 e. The highest BCUT2D eigenvalue weighted by Crippen LogP contribution is 2.29. The van der Waals surface area contributed by atoms with Crippen molar-refractivity contribution in [1.82, 2.24) is 9.53 Å². The number of carbonyl (C=O) groups is 1. The summed E-state index contributed by atoms with van der Waals surface area (Å²) in [6.07, 6.45) is 1.14. The Morgan fingerprint density at radius 3 is 2.61 bits per heavy atom. The predicted molar refractivity (Wildman–Crippen MR) is 98.5 cm³/mol. The summed E-state index contributed by atoms with van der Waals surface area (Å²) in [7, 11) is -3.79. The van der Waals surface area contributed by atoms with Crippen molar-refractivity contribution in [3.63, 3.8) is 0 Å². The van der Waals surface area contributed by atoms with Crippen molar-refractivity contribution < 1.29 is 33.1 Å². The molecule has 0 spiro atoms. The maximum atomic E-state index is 13.1. The second-order valence-electron chi connectivity index (χ2n) is 7.21. The van der Waals surface area contributed by atoms with E-state index in [1.54, 1.807) is 0 Å². The largest absolute Gasteiger partial charge is 0.490 e. The summed E-state index contributed by atoms with van der Waals surface area (Å²) in [6.45, 7) is 2.61. The Morgan fingerprint density at radius 1 is 1.25 bits per heavy atom. The number of benzene rings is 1. The number of nitrogens with zero attached hydrogens (tertiary/aromatic N) is 2. The van der Waals surface area contributed by atoms with E-state index in [0.717, 1.165) is 11.3 Å². The molecule has 1 amide bonds. The van der Waals surface area contributed by atoms with Crippen LogP contribution in [0.15, 0.2) is 24.3 Å². The number of sulfonamides is 1. The van der Waals surface area contributed by atoms with Crippen molar-refractivity contribution >= 4 is 15.9 Å². The SMILES string of the molecule is Cc1cccc(OC2CCN(S(=O)(=O)C3CCOCC3C(=O)N(O)O)CC2)c1. The van der Waals surface area contributed by atoms with Gasteiger partial charge in [-0.15, -0.1) is 0 Å². The van der Waals surface area contributed by atoms with Crippen molar-refractivity contribution in [3.05, 3.63) is 29.8 Å². The van der Waals surface area contributed by atoms with E-state index in [4.69, 9.17) is 19.9 Å². The van der Waals surface area contributed by atoms with Crippen molar-refractivity contribution in [2.45, 2.75) is 37.5 Å². The third kappa shape index (κ3) is 4.64. The highest BCUT2D eigenvalue weighted by molar-refractivity contribution is 7.89. The molecule has 9 nitrogen and oxygen atoms in total. The van der Waals surface area contributed by atoms with Gasteiger partial charge in [0, 0.05) is 19.7 Å². The van der Waals surface area contributed by atoms with Gasteiger partial charge in [-0.1, -0.05) is 17.4 Å². The number of hydroxylamine groups is 2. The van der Waals surface area contributed by atoms with Gasteiger partial charge in [-0.3, -0.25) is 15.2 Å². The average Bonchev–Trinajstić information content (AvgIpc) is 2.68. The molecule has 0 bridgehead atoms. The minimum absolute atomic E-state index is 0.0780. The van der Waals surface area contributed by atoms with Crippen molar-refractivity contribution in [2.75, 3.05) is 26.3 Å². The standard InChI is InChI=1S/C18H26N2O7S/c1-13-3-2-4-15(11-13)27-14-5-8-19(9-6-14)28(24,25)17-7-10-26-12-16(17)18(21)20(22)23/h2-4,11,14,16-17,22-23H,5-10,12H2,1H3. The molecule has 2 atom stereocenters. The second-order valence-corrected chi connectivity index (χ2v) is 9.37. The normalized spacial score (nSPS) is 24.7. The van der Waals surface area contributed by atoms with Crippen LogP contribution in [0.25, 0.3) is 0 Å². The Hall–Kier alpha value is -1.72. The third-order valence-corrected chi connectivity index (χ3v) is 7.66. The molecule has 1 aromatic carbocycles. The smallest absolute Gasteiger partial charge is 0.279 e. The van der Waals surface area contributed by atoms with E-state index in [-0.39, 0.29) is 25.7 Å². The molecule has 156 valence electrons. The van der Waals surface area contributed by atoms with E-state index in [9.17, 15) is 13.2 Å². The number of hydrogen-bond donors (Lipinski definition) is 2. The van der Waals surface area contributed by atoms with Gasteiger partial charge >= 0.3 is 0 Å². The molecule has 0 aliphatic carbocycles. The van der Waals surface area contributed by atoms with Crippen LogP contribution in [0.4, 0.5) is 0 Å². The zero-order valence-electron chi connectivity index (χ0n) is 15.7. The van der Waals surface area contributed by atoms with Crippen LogP contribution in [0, 0.1) is 12.8 Å². The van der Waals surface area contributed by atoms with E-state index >= 15 is 0 Å². The van der Waals surface area contributed by atoms with Crippen molar-refractivity contribution in [2.24, 2.45) is 5.92 Å². The summed E-state index contributed by atoms with van der Waals surface area (Å²) in [5.41, 5.74) is 1.09. The first kappa shape index (κ1) is 21.0. The van der Waals surface area contributed by atoms with Crippen LogP contribution in [0.1, 0.15) is 24.8 Å². The molecule has 0 radical (unpaired) electrons. The Bertz CT molecular complexity index is 791. The fraction of sp³-hybridized carbons (Fsp3) is 0.611. The van der Waals surface area contributed by atoms with Gasteiger partial charge in [-0.05, 0) is 43.9 Å². The first-order valence-corrected chi connectivity index (χ1v) is 10.8. The van der Waals surface area contributed by atoms with E-state index in [2.05, 4.69) is 0 Å². The lowest BCUT2D eigenvalue weighted by Crippen LogP contribution is -2.53. The minimum atomic E-state index is -3.79. The van der Waals surface area contributed by atoms with E-state index in [1.165, 1.54) is 4.31 Å². The molecule has 0 aromatic heterocycles. The number of ether oxygens (including phenoxy) is 2. The quantitative estimate of drug-likeness (QED) is 0.549. The molecular weight excluding hydrogens is 388 g/mol. The number of rotatable bonds is 5. The van der Waals surface area contributed by atoms with Gasteiger partial charge in [0.05, 0.1) is 17.8 Å². The van der Waals surface area contributed by atoms with Gasteiger partial charge in [0.1, 0.15) is 11.9 Å². The van der Waals surface area contributed by atoms with Crippen molar-refractivity contribution in [3.8, 4) is 5.75 Å². The Balaban J connectivity index is 1.64.